The van der Waals surface area contributed by atoms with Gasteiger partial charge in [0.25, 0.3) is 5.91 Å². The van der Waals surface area contributed by atoms with E-state index in [2.05, 4.69) is 4.98 Å². The Hall–Kier alpha value is -2.77. The largest absolute Gasteiger partial charge is 0.453 e. The van der Waals surface area contributed by atoms with Crippen molar-refractivity contribution >= 4 is 15.7 Å². The quantitative estimate of drug-likeness (QED) is 0.470. The molecular formula is C18H14F8N2O3S. The fourth-order valence-corrected chi connectivity index (χ4v) is 4.80. The Bertz CT molecular complexity index is 1150. The van der Waals surface area contributed by atoms with Crippen molar-refractivity contribution < 1.29 is 48.3 Å². The average Bonchev–Trinajstić information content (AvgIpc) is 2.66. The maximum atomic E-state index is 14.4. The first-order valence-electron chi connectivity index (χ1n) is 8.55. The molecule has 2 rings (SSSR count). The minimum absolute atomic E-state index is 0.173. The smallest absolute Gasteiger partial charge is 0.364 e. The molecule has 1 unspecified atom stereocenters. The summed E-state index contributed by atoms with van der Waals surface area (Å²) in [6.07, 6.45) is -7.68. The Morgan fingerprint density at radius 1 is 1.09 bits per heavy atom. The van der Waals surface area contributed by atoms with Crippen molar-refractivity contribution in [1.29, 1.82) is 0 Å². The summed E-state index contributed by atoms with van der Waals surface area (Å²) < 4.78 is 132. The van der Waals surface area contributed by atoms with E-state index in [1.54, 1.807) is 0 Å². The van der Waals surface area contributed by atoms with Gasteiger partial charge in [0.1, 0.15) is 16.8 Å². The molecule has 32 heavy (non-hydrogen) atoms. The van der Waals surface area contributed by atoms with Crippen LogP contribution in [0.25, 0.3) is 0 Å². The van der Waals surface area contributed by atoms with Crippen LogP contribution in [-0.2, 0) is 9.84 Å². The number of amides is 1. The van der Waals surface area contributed by atoms with Gasteiger partial charge in [-0.1, -0.05) is 0 Å². The number of nitrogens with zero attached hydrogens (tertiary/aromatic N) is 1. The minimum Gasteiger partial charge on any atom is -0.364 e. The van der Waals surface area contributed by atoms with Crippen LogP contribution in [0.1, 0.15) is 38.8 Å². The number of hydrogen-bond donors (Lipinski definition) is 1. The van der Waals surface area contributed by atoms with Gasteiger partial charge >= 0.3 is 12.1 Å². The first-order chi connectivity index (χ1) is 14.5. The highest BCUT2D eigenvalue weighted by Gasteiger charge is 2.57. The molecule has 1 heterocycles. The molecule has 0 aliphatic carbocycles. The molecule has 0 spiro atoms. The van der Waals surface area contributed by atoms with E-state index >= 15 is 0 Å². The van der Waals surface area contributed by atoms with Gasteiger partial charge in [-0.25, -0.2) is 21.6 Å². The molecule has 1 amide bonds. The molecule has 1 aromatic heterocycles. The van der Waals surface area contributed by atoms with Gasteiger partial charge in [-0.15, -0.1) is 0 Å². The average molecular weight is 490 g/mol. The van der Waals surface area contributed by atoms with E-state index in [4.69, 9.17) is 5.73 Å². The summed E-state index contributed by atoms with van der Waals surface area (Å²) >= 11 is 0. The van der Waals surface area contributed by atoms with Gasteiger partial charge in [-0.3, -0.25) is 9.78 Å². The van der Waals surface area contributed by atoms with Crippen LogP contribution in [0.4, 0.5) is 35.1 Å². The molecule has 5 nitrogen and oxygen atoms in total. The predicted molar refractivity (Wildman–Crippen MR) is 95.1 cm³/mol. The fourth-order valence-electron chi connectivity index (χ4n) is 2.82. The van der Waals surface area contributed by atoms with Gasteiger partial charge < -0.3 is 5.73 Å². The molecule has 2 N–H and O–H groups in total. The number of halogens is 8. The number of carbonyl (C=O) groups is 1. The second-order valence-corrected chi connectivity index (χ2v) is 8.95. The van der Waals surface area contributed by atoms with Crippen molar-refractivity contribution in [3.63, 3.8) is 0 Å². The fraction of sp³-hybridized carbons (Fsp3) is 0.333. The van der Waals surface area contributed by atoms with Crippen molar-refractivity contribution in [1.82, 2.24) is 4.98 Å². The number of primary amides is 1. The topological polar surface area (TPSA) is 90.1 Å². The van der Waals surface area contributed by atoms with Crippen molar-refractivity contribution in [3.05, 3.63) is 64.2 Å². The van der Waals surface area contributed by atoms with Crippen molar-refractivity contribution in [2.45, 2.75) is 30.7 Å². The lowest BCUT2D eigenvalue weighted by Crippen LogP contribution is -2.38. The highest BCUT2D eigenvalue weighted by Crippen LogP contribution is 2.41. The summed E-state index contributed by atoms with van der Waals surface area (Å²) in [6, 6.07) is 1.61. The number of pyridine rings is 1. The molecule has 0 fully saturated rings. The van der Waals surface area contributed by atoms with E-state index in [1.165, 1.54) is 0 Å². The molecule has 0 aliphatic rings. The van der Waals surface area contributed by atoms with Gasteiger partial charge in [-0.2, -0.15) is 22.0 Å². The third-order valence-electron chi connectivity index (χ3n) is 4.50. The van der Waals surface area contributed by atoms with Gasteiger partial charge in [0.15, 0.2) is 21.5 Å². The SMILES string of the molecule is Cc1cc(C(N)=O)ncc1C(c1c(F)ccc(F)c1F)S(=O)(=O)CCC(F)(F)C(F)(F)F. The molecule has 176 valence electrons. The third-order valence-corrected chi connectivity index (χ3v) is 6.48. The van der Waals surface area contributed by atoms with Crippen LogP contribution in [0.5, 0.6) is 0 Å². The molecule has 0 saturated heterocycles. The Morgan fingerprint density at radius 3 is 2.16 bits per heavy atom. The van der Waals surface area contributed by atoms with Crippen LogP contribution in [0, 0.1) is 24.4 Å². The molecule has 1 aromatic carbocycles. The number of aryl methyl sites for hydroxylation is 1. The zero-order valence-corrected chi connectivity index (χ0v) is 16.8. The first kappa shape index (κ1) is 25.5. The van der Waals surface area contributed by atoms with Crippen LogP contribution >= 0.6 is 0 Å². The maximum Gasteiger partial charge on any atom is 0.453 e. The van der Waals surface area contributed by atoms with Crippen molar-refractivity contribution in [2.24, 2.45) is 5.73 Å². The second-order valence-electron chi connectivity index (χ2n) is 6.75. The van der Waals surface area contributed by atoms with Gasteiger partial charge in [0, 0.05) is 18.2 Å². The standard InChI is InChI=1S/C18H14F8N2O3S/c1-8-6-12(16(27)29)28-7-9(8)15(13-10(19)2-3-11(20)14(13)21)32(30,31)5-4-17(22,23)18(24,25)26/h2-3,6-7,15H,4-5H2,1H3,(H2,27,29). The van der Waals surface area contributed by atoms with Gasteiger partial charge in [0.05, 0.1) is 5.75 Å². The summed E-state index contributed by atoms with van der Waals surface area (Å²) in [5.74, 6) is -13.6. The van der Waals surface area contributed by atoms with Crippen molar-refractivity contribution in [2.75, 3.05) is 5.75 Å². The summed E-state index contributed by atoms with van der Waals surface area (Å²) in [4.78, 5) is 14.8. The summed E-state index contributed by atoms with van der Waals surface area (Å²) in [5, 5.41) is -2.54. The van der Waals surface area contributed by atoms with Crippen LogP contribution < -0.4 is 5.73 Å². The zero-order valence-electron chi connectivity index (χ0n) is 16.0. The minimum atomic E-state index is -6.08. The summed E-state index contributed by atoms with van der Waals surface area (Å²) in [5.41, 5.74) is 2.45. The number of carbonyl (C=O) groups excluding carboxylic acids is 1. The number of rotatable bonds is 7. The molecule has 0 bridgehead atoms. The van der Waals surface area contributed by atoms with E-state index in [0.29, 0.717) is 18.3 Å². The van der Waals surface area contributed by atoms with Crippen LogP contribution in [-0.4, -0.2) is 37.2 Å². The van der Waals surface area contributed by atoms with Crippen LogP contribution in [0.3, 0.4) is 0 Å². The second kappa shape index (κ2) is 8.64. The van der Waals surface area contributed by atoms with Gasteiger partial charge in [0.2, 0.25) is 0 Å². The highest BCUT2D eigenvalue weighted by atomic mass is 32.2. The molecule has 2 aromatic rings. The third kappa shape index (κ3) is 5.00. The van der Waals surface area contributed by atoms with Crippen molar-refractivity contribution in [3.8, 4) is 0 Å². The monoisotopic (exact) mass is 490 g/mol. The Kier molecular flexibility index (Phi) is 6.88. The summed E-state index contributed by atoms with van der Waals surface area (Å²) in [6.45, 7) is 1.14. The zero-order chi connectivity index (χ0) is 24.6. The van der Waals surface area contributed by atoms with E-state index in [-0.39, 0.29) is 5.56 Å². The lowest BCUT2D eigenvalue weighted by atomic mass is 10.00. The molecule has 0 radical (unpaired) electrons. The number of sulfone groups is 1. The van der Waals surface area contributed by atoms with E-state index in [0.717, 1.165) is 13.0 Å². The molecule has 14 heteroatoms. The molecule has 0 aliphatic heterocycles. The maximum absolute atomic E-state index is 14.4. The Labute approximate surface area is 176 Å². The number of aromatic nitrogens is 1. The van der Waals surface area contributed by atoms with Gasteiger partial charge in [-0.05, 0) is 36.2 Å². The number of benzene rings is 1. The Morgan fingerprint density at radius 2 is 1.66 bits per heavy atom. The van der Waals surface area contributed by atoms with E-state index in [1.807, 2.05) is 0 Å². The lowest BCUT2D eigenvalue weighted by molar-refractivity contribution is -0.282. The highest BCUT2D eigenvalue weighted by molar-refractivity contribution is 7.91. The number of hydrogen-bond acceptors (Lipinski definition) is 4. The molecular weight excluding hydrogens is 476 g/mol. The normalized spacial score (nSPS) is 13.8. The van der Waals surface area contributed by atoms with Crippen LogP contribution in [0.2, 0.25) is 0 Å². The van der Waals surface area contributed by atoms with E-state index in [9.17, 15) is 48.3 Å². The Balaban J connectivity index is 2.71. The predicted octanol–water partition coefficient (Wildman–Crippen LogP) is 4.00. The molecule has 1 atom stereocenters. The number of alkyl halides is 5. The molecule has 0 saturated carbocycles. The number of nitrogens with two attached hydrogens (primary N) is 1. The van der Waals surface area contributed by atoms with E-state index < -0.39 is 79.5 Å². The lowest BCUT2D eigenvalue weighted by Gasteiger charge is -2.24. The summed E-state index contributed by atoms with van der Waals surface area (Å²) in [7, 11) is -5.22. The van der Waals surface area contributed by atoms with Crippen LogP contribution in [0.15, 0.2) is 24.4 Å². The first-order valence-corrected chi connectivity index (χ1v) is 10.3.